The molecule has 1 N–H and O–H groups in total. The van der Waals surface area contributed by atoms with Gasteiger partial charge in [-0.25, -0.2) is 4.79 Å². The molecule has 1 aliphatic heterocycles. The second-order valence-corrected chi connectivity index (χ2v) is 7.21. The predicted octanol–water partition coefficient (Wildman–Crippen LogP) is 4.18. The number of carboxylic acids is 1. The van der Waals surface area contributed by atoms with Gasteiger partial charge >= 0.3 is 5.97 Å². The van der Waals surface area contributed by atoms with Gasteiger partial charge in [0.1, 0.15) is 10.4 Å². The van der Waals surface area contributed by atoms with Crippen LogP contribution in [0.5, 0.6) is 0 Å². The normalized spacial score (nSPS) is 17.8. The van der Waals surface area contributed by atoms with E-state index in [0.29, 0.717) is 20.7 Å². The molecule has 2 rings (SSSR count). The summed E-state index contributed by atoms with van der Waals surface area (Å²) in [5.74, 6) is -1.37. The molecule has 1 fully saturated rings. The van der Waals surface area contributed by atoms with E-state index >= 15 is 0 Å². The van der Waals surface area contributed by atoms with Gasteiger partial charge in [-0.1, -0.05) is 67.5 Å². The molecule has 1 amide bonds. The number of amides is 1. The Morgan fingerprint density at radius 3 is 2.65 bits per heavy atom. The first-order valence-corrected chi connectivity index (χ1v) is 8.79. The second-order valence-electron chi connectivity index (χ2n) is 5.10. The maximum absolute atomic E-state index is 12.6. The largest absolute Gasteiger partial charge is 0.480 e. The van der Waals surface area contributed by atoms with Crippen molar-refractivity contribution in [2.75, 3.05) is 0 Å². The molecule has 1 unspecified atom stereocenters. The van der Waals surface area contributed by atoms with Crippen molar-refractivity contribution in [2.24, 2.45) is 0 Å². The van der Waals surface area contributed by atoms with Crippen molar-refractivity contribution in [1.82, 2.24) is 4.90 Å². The molecule has 4 nitrogen and oxygen atoms in total. The van der Waals surface area contributed by atoms with E-state index in [2.05, 4.69) is 0 Å². The van der Waals surface area contributed by atoms with Crippen LogP contribution in [0, 0.1) is 0 Å². The minimum absolute atomic E-state index is 0.290. The highest BCUT2D eigenvalue weighted by Crippen LogP contribution is 2.35. The topological polar surface area (TPSA) is 57.6 Å². The number of hydrogen-bond donors (Lipinski definition) is 1. The number of thioether (sulfide) groups is 1. The number of thiocarbonyl (C=S) groups is 1. The fourth-order valence-corrected chi connectivity index (χ4v) is 3.70. The minimum Gasteiger partial charge on any atom is -0.480 e. The van der Waals surface area contributed by atoms with Gasteiger partial charge in [-0.2, -0.15) is 0 Å². The van der Waals surface area contributed by atoms with Crippen LogP contribution < -0.4 is 0 Å². The van der Waals surface area contributed by atoms with Crippen molar-refractivity contribution in [3.63, 3.8) is 0 Å². The monoisotopic (exact) mass is 369 g/mol. The fourth-order valence-electron chi connectivity index (χ4n) is 2.22. The summed E-state index contributed by atoms with van der Waals surface area (Å²) in [5.41, 5.74) is 0.815. The second kappa shape index (κ2) is 7.95. The highest BCUT2D eigenvalue weighted by atomic mass is 35.5. The van der Waals surface area contributed by atoms with Crippen LogP contribution >= 0.6 is 35.6 Å². The van der Waals surface area contributed by atoms with E-state index in [-0.39, 0.29) is 5.91 Å². The third kappa shape index (κ3) is 4.34. The Morgan fingerprint density at radius 2 is 2.09 bits per heavy atom. The Balaban J connectivity index is 2.24. The van der Waals surface area contributed by atoms with Crippen LogP contribution in [0.4, 0.5) is 0 Å². The summed E-state index contributed by atoms with van der Waals surface area (Å²) in [4.78, 5) is 25.7. The van der Waals surface area contributed by atoms with Gasteiger partial charge in [0.15, 0.2) is 0 Å². The standard InChI is InChI=1S/C16H16ClNO3S2/c1-2-3-4-12(15(20)21)18-14(19)13(23-16(18)22)9-10-5-7-11(17)8-6-10/h5-9,12H,2-4H2,1H3,(H,20,21)/b13-9-. The van der Waals surface area contributed by atoms with E-state index in [4.69, 9.17) is 23.8 Å². The Hall–Kier alpha value is -1.37. The fraction of sp³-hybridized carbons (Fsp3) is 0.312. The van der Waals surface area contributed by atoms with E-state index in [1.807, 2.05) is 6.92 Å². The van der Waals surface area contributed by atoms with E-state index < -0.39 is 12.0 Å². The molecule has 0 aromatic heterocycles. The van der Waals surface area contributed by atoms with Gasteiger partial charge in [-0.05, 0) is 30.2 Å². The lowest BCUT2D eigenvalue weighted by Gasteiger charge is -2.22. The smallest absolute Gasteiger partial charge is 0.326 e. The van der Waals surface area contributed by atoms with Crippen LogP contribution in [-0.4, -0.2) is 32.2 Å². The molecule has 122 valence electrons. The first-order valence-electron chi connectivity index (χ1n) is 7.19. The van der Waals surface area contributed by atoms with Gasteiger partial charge in [0.2, 0.25) is 0 Å². The number of aliphatic carboxylic acids is 1. The summed E-state index contributed by atoms with van der Waals surface area (Å²) in [6, 6.07) is 6.14. The van der Waals surface area contributed by atoms with Crippen LogP contribution in [0.1, 0.15) is 31.7 Å². The molecule has 1 aromatic carbocycles. The third-order valence-electron chi connectivity index (χ3n) is 3.42. The molecule has 0 bridgehead atoms. The summed E-state index contributed by atoms with van der Waals surface area (Å²) in [7, 11) is 0. The summed E-state index contributed by atoms with van der Waals surface area (Å²) in [6.45, 7) is 1.98. The highest BCUT2D eigenvalue weighted by molar-refractivity contribution is 8.26. The summed E-state index contributed by atoms with van der Waals surface area (Å²) in [6.07, 6.45) is 3.68. The summed E-state index contributed by atoms with van der Waals surface area (Å²) in [5, 5.41) is 10.0. The molecule has 1 aromatic rings. The van der Waals surface area contributed by atoms with Crippen LogP contribution in [0.2, 0.25) is 5.02 Å². The van der Waals surface area contributed by atoms with Gasteiger partial charge in [0, 0.05) is 5.02 Å². The maximum Gasteiger partial charge on any atom is 0.326 e. The molecule has 1 aliphatic rings. The average Bonchev–Trinajstić information content (AvgIpc) is 2.77. The number of carboxylic acid groups (broad SMARTS) is 1. The highest BCUT2D eigenvalue weighted by Gasteiger charge is 2.40. The number of carbonyl (C=O) groups excluding carboxylic acids is 1. The van der Waals surface area contributed by atoms with E-state index in [9.17, 15) is 14.7 Å². The van der Waals surface area contributed by atoms with Crippen LogP contribution in [-0.2, 0) is 9.59 Å². The molecule has 0 aliphatic carbocycles. The molecule has 7 heteroatoms. The zero-order valence-corrected chi connectivity index (χ0v) is 14.9. The molecular formula is C16H16ClNO3S2. The number of halogens is 1. The first-order chi connectivity index (χ1) is 10.9. The number of benzene rings is 1. The first kappa shape index (κ1) is 18.0. The summed E-state index contributed by atoms with van der Waals surface area (Å²) < 4.78 is 0.290. The summed E-state index contributed by atoms with van der Waals surface area (Å²) >= 11 is 12.2. The number of rotatable bonds is 6. The number of unbranched alkanes of at least 4 members (excludes halogenated alkanes) is 1. The number of hydrogen-bond acceptors (Lipinski definition) is 4. The van der Waals surface area contributed by atoms with Crippen LogP contribution in [0.25, 0.3) is 6.08 Å². The molecule has 0 spiro atoms. The van der Waals surface area contributed by atoms with Crippen molar-refractivity contribution >= 4 is 57.9 Å². The molecule has 0 saturated carbocycles. The molecule has 1 atom stereocenters. The lowest BCUT2D eigenvalue weighted by atomic mass is 10.1. The van der Waals surface area contributed by atoms with Gasteiger partial charge in [0.25, 0.3) is 5.91 Å². The lowest BCUT2D eigenvalue weighted by Crippen LogP contribution is -2.43. The van der Waals surface area contributed by atoms with Gasteiger partial charge < -0.3 is 5.11 Å². The van der Waals surface area contributed by atoms with Gasteiger partial charge in [0.05, 0.1) is 4.91 Å². The van der Waals surface area contributed by atoms with Gasteiger partial charge in [-0.15, -0.1) is 0 Å². The Kier molecular flexibility index (Phi) is 6.21. The van der Waals surface area contributed by atoms with Crippen molar-refractivity contribution in [2.45, 2.75) is 32.2 Å². The zero-order valence-electron chi connectivity index (χ0n) is 12.5. The quantitative estimate of drug-likeness (QED) is 0.602. The predicted molar refractivity (Wildman–Crippen MR) is 97.4 cm³/mol. The molecule has 23 heavy (non-hydrogen) atoms. The van der Waals surface area contributed by atoms with E-state index in [0.717, 1.165) is 30.2 Å². The number of nitrogens with zero attached hydrogens (tertiary/aromatic N) is 1. The van der Waals surface area contributed by atoms with Crippen molar-refractivity contribution in [1.29, 1.82) is 0 Å². The van der Waals surface area contributed by atoms with Crippen molar-refractivity contribution in [3.8, 4) is 0 Å². The zero-order chi connectivity index (χ0) is 17.0. The van der Waals surface area contributed by atoms with E-state index in [1.165, 1.54) is 4.90 Å². The SMILES string of the molecule is CCCCC(C(=O)O)N1C(=O)/C(=C/c2ccc(Cl)cc2)SC1=S. The van der Waals surface area contributed by atoms with Crippen LogP contribution in [0.3, 0.4) is 0 Å². The minimum atomic E-state index is -1.03. The Bertz CT molecular complexity index is 658. The Labute approximate surface area is 149 Å². The third-order valence-corrected chi connectivity index (χ3v) is 5.00. The van der Waals surface area contributed by atoms with Crippen molar-refractivity contribution < 1.29 is 14.7 Å². The Morgan fingerprint density at radius 1 is 1.43 bits per heavy atom. The average molecular weight is 370 g/mol. The molecule has 0 radical (unpaired) electrons. The van der Waals surface area contributed by atoms with Crippen LogP contribution in [0.15, 0.2) is 29.2 Å². The van der Waals surface area contributed by atoms with Crippen molar-refractivity contribution in [3.05, 3.63) is 39.8 Å². The molecule has 1 saturated heterocycles. The van der Waals surface area contributed by atoms with E-state index in [1.54, 1.807) is 30.3 Å². The van der Waals surface area contributed by atoms with Gasteiger partial charge in [-0.3, -0.25) is 9.69 Å². The number of carbonyl (C=O) groups is 2. The lowest BCUT2D eigenvalue weighted by molar-refractivity contribution is -0.145. The molecular weight excluding hydrogens is 354 g/mol. The molecule has 1 heterocycles. The maximum atomic E-state index is 12.6.